The molecule has 3 aromatic rings. The summed E-state index contributed by atoms with van der Waals surface area (Å²) >= 11 is 0. The molecule has 0 aliphatic carbocycles. The van der Waals surface area contributed by atoms with Gasteiger partial charge in [0, 0.05) is 26.1 Å². The van der Waals surface area contributed by atoms with Crippen molar-refractivity contribution in [2.24, 2.45) is 0 Å². The van der Waals surface area contributed by atoms with Gasteiger partial charge in [0.25, 0.3) is 0 Å². The van der Waals surface area contributed by atoms with Crippen LogP contribution in [-0.4, -0.2) is 51.3 Å². The molecule has 0 saturated carbocycles. The number of likely N-dealkylation sites (N-methyl/N-ethyl adjacent to an activating group) is 1. The Morgan fingerprint density at radius 1 is 0.853 bits per heavy atom. The van der Waals surface area contributed by atoms with Gasteiger partial charge in [0.15, 0.2) is 0 Å². The van der Waals surface area contributed by atoms with Gasteiger partial charge in [-0.05, 0) is 68.0 Å². The largest absolute Gasteiger partial charge is 0.379 e. The zero-order chi connectivity index (χ0) is 24.6. The fraction of sp³-hybridized carbons (Fsp3) is 0.269. The molecular formula is C26H29FN2O4S. The van der Waals surface area contributed by atoms with Gasteiger partial charge < -0.3 is 14.0 Å². The lowest BCUT2D eigenvalue weighted by atomic mass is 10.1. The summed E-state index contributed by atoms with van der Waals surface area (Å²) in [7, 11) is -0.151. The van der Waals surface area contributed by atoms with Crippen molar-refractivity contribution in [1.82, 2.24) is 9.80 Å². The fourth-order valence-corrected chi connectivity index (χ4v) is 4.24. The van der Waals surface area contributed by atoms with E-state index in [-0.39, 0.29) is 16.6 Å². The standard InChI is InChI=1S/C26H29FN2O4S/c1-28(2)18-19-29(26(30)17-10-21-6-4-3-5-7-21)20-22-8-13-24(14-9-22)33-34(31,32)25-15-11-23(27)12-16-25/h3-9,11-16H,10,17-20H2,1-2H3. The van der Waals surface area contributed by atoms with E-state index in [0.29, 0.717) is 25.9 Å². The lowest BCUT2D eigenvalue weighted by Gasteiger charge is -2.25. The molecule has 0 radical (unpaired) electrons. The van der Waals surface area contributed by atoms with Gasteiger partial charge in [-0.1, -0.05) is 42.5 Å². The Bertz CT molecular complexity index is 1170. The Balaban J connectivity index is 1.65. The molecule has 1 amide bonds. The SMILES string of the molecule is CN(C)CCN(Cc1ccc(OS(=O)(=O)c2ccc(F)cc2)cc1)C(=O)CCc1ccccc1. The summed E-state index contributed by atoms with van der Waals surface area (Å²) in [5, 5.41) is 0. The molecule has 34 heavy (non-hydrogen) atoms. The van der Waals surface area contributed by atoms with Crippen LogP contribution in [0.3, 0.4) is 0 Å². The molecule has 0 atom stereocenters. The first-order chi connectivity index (χ1) is 16.2. The highest BCUT2D eigenvalue weighted by Gasteiger charge is 2.18. The van der Waals surface area contributed by atoms with Crippen LogP contribution in [0.15, 0.2) is 83.8 Å². The van der Waals surface area contributed by atoms with Crippen LogP contribution in [0.4, 0.5) is 4.39 Å². The number of hydrogen-bond acceptors (Lipinski definition) is 5. The minimum absolute atomic E-state index is 0.0601. The van der Waals surface area contributed by atoms with Gasteiger partial charge in [-0.15, -0.1) is 0 Å². The summed E-state index contributed by atoms with van der Waals surface area (Å²) in [4.78, 5) is 16.7. The summed E-state index contributed by atoms with van der Waals surface area (Å²) < 4.78 is 43.0. The summed E-state index contributed by atoms with van der Waals surface area (Å²) in [6, 6.07) is 20.9. The first-order valence-electron chi connectivity index (χ1n) is 11.0. The second kappa shape index (κ2) is 11.8. The van der Waals surface area contributed by atoms with Gasteiger partial charge in [0.2, 0.25) is 5.91 Å². The highest BCUT2D eigenvalue weighted by molar-refractivity contribution is 7.87. The number of rotatable bonds is 11. The summed E-state index contributed by atoms with van der Waals surface area (Å²) in [6.07, 6.45) is 1.08. The van der Waals surface area contributed by atoms with E-state index in [9.17, 15) is 17.6 Å². The van der Waals surface area contributed by atoms with Crippen molar-refractivity contribution in [3.05, 3.63) is 95.8 Å². The Kier molecular flexibility index (Phi) is 8.79. The van der Waals surface area contributed by atoms with E-state index in [2.05, 4.69) is 0 Å². The number of halogens is 1. The molecule has 8 heteroatoms. The average molecular weight is 485 g/mol. The van der Waals surface area contributed by atoms with Gasteiger partial charge in [-0.3, -0.25) is 4.79 Å². The quantitative estimate of drug-likeness (QED) is 0.383. The predicted molar refractivity (Wildman–Crippen MR) is 129 cm³/mol. The number of amides is 1. The van der Waals surface area contributed by atoms with Crippen LogP contribution in [0.2, 0.25) is 0 Å². The Morgan fingerprint density at radius 2 is 1.50 bits per heavy atom. The Labute approximate surface area is 200 Å². The molecule has 0 aromatic heterocycles. The monoisotopic (exact) mass is 484 g/mol. The summed E-state index contributed by atoms with van der Waals surface area (Å²) in [5.74, 6) is -0.325. The fourth-order valence-electron chi connectivity index (χ4n) is 3.31. The maximum atomic E-state index is 13.1. The third-order valence-electron chi connectivity index (χ3n) is 5.25. The first kappa shape index (κ1) is 25.4. The van der Waals surface area contributed by atoms with Crippen LogP contribution in [0.5, 0.6) is 5.75 Å². The van der Waals surface area contributed by atoms with Gasteiger partial charge in [0.1, 0.15) is 16.5 Å². The molecule has 6 nitrogen and oxygen atoms in total. The van der Waals surface area contributed by atoms with E-state index in [1.165, 1.54) is 0 Å². The molecule has 0 heterocycles. The van der Waals surface area contributed by atoms with Crippen LogP contribution in [0.1, 0.15) is 17.5 Å². The van der Waals surface area contributed by atoms with E-state index in [4.69, 9.17) is 4.18 Å². The smallest absolute Gasteiger partial charge is 0.339 e. The zero-order valence-corrected chi connectivity index (χ0v) is 20.2. The highest BCUT2D eigenvalue weighted by atomic mass is 32.2. The number of carbonyl (C=O) groups excluding carboxylic acids is 1. The normalized spacial score (nSPS) is 11.4. The number of nitrogens with zero attached hydrogens (tertiary/aromatic N) is 2. The van der Waals surface area contributed by atoms with E-state index >= 15 is 0 Å². The number of benzene rings is 3. The molecule has 0 aliphatic rings. The molecule has 0 spiro atoms. The molecule has 0 bridgehead atoms. The molecule has 0 unspecified atom stereocenters. The molecule has 0 N–H and O–H groups in total. The number of aryl methyl sites for hydroxylation is 1. The van der Waals surface area contributed by atoms with Crippen molar-refractivity contribution >= 4 is 16.0 Å². The van der Waals surface area contributed by atoms with Gasteiger partial charge in [-0.2, -0.15) is 8.42 Å². The molecule has 3 aromatic carbocycles. The van der Waals surface area contributed by atoms with Crippen LogP contribution in [0.25, 0.3) is 0 Å². The maximum absolute atomic E-state index is 13.1. The van der Waals surface area contributed by atoms with Crippen LogP contribution < -0.4 is 4.18 Å². The third-order valence-corrected chi connectivity index (χ3v) is 6.51. The second-order valence-electron chi connectivity index (χ2n) is 8.24. The van der Waals surface area contributed by atoms with Crippen molar-refractivity contribution in [3.8, 4) is 5.75 Å². The van der Waals surface area contributed by atoms with E-state index in [1.54, 1.807) is 24.3 Å². The topological polar surface area (TPSA) is 66.9 Å². The first-order valence-corrected chi connectivity index (χ1v) is 12.4. The van der Waals surface area contributed by atoms with E-state index in [0.717, 1.165) is 41.9 Å². The van der Waals surface area contributed by atoms with Crippen molar-refractivity contribution in [2.75, 3.05) is 27.2 Å². The lowest BCUT2D eigenvalue weighted by molar-refractivity contribution is -0.132. The molecule has 3 rings (SSSR count). The molecule has 0 aliphatic heterocycles. The van der Waals surface area contributed by atoms with Crippen LogP contribution >= 0.6 is 0 Å². The Morgan fingerprint density at radius 3 is 2.12 bits per heavy atom. The van der Waals surface area contributed by atoms with Gasteiger partial charge >= 0.3 is 10.1 Å². The minimum Gasteiger partial charge on any atom is -0.379 e. The summed E-state index contributed by atoms with van der Waals surface area (Å²) in [6.45, 7) is 1.72. The average Bonchev–Trinajstić information content (AvgIpc) is 2.82. The number of carbonyl (C=O) groups is 1. The van der Waals surface area contributed by atoms with Gasteiger partial charge in [-0.25, -0.2) is 4.39 Å². The molecular weight excluding hydrogens is 455 g/mol. The second-order valence-corrected chi connectivity index (χ2v) is 9.79. The lowest BCUT2D eigenvalue weighted by Crippen LogP contribution is -2.36. The third kappa shape index (κ3) is 7.67. The number of hydrogen-bond donors (Lipinski definition) is 0. The predicted octanol–water partition coefficient (Wildman–Crippen LogP) is 4.12. The zero-order valence-electron chi connectivity index (χ0n) is 19.4. The Hall–Kier alpha value is -3.23. The van der Waals surface area contributed by atoms with E-state index < -0.39 is 15.9 Å². The van der Waals surface area contributed by atoms with Crippen molar-refractivity contribution in [2.45, 2.75) is 24.3 Å². The molecule has 0 fully saturated rings. The van der Waals surface area contributed by atoms with E-state index in [1.807, 2.05) is 54.2 Å². The summed E-state index contributed by atoms with van der Waals surface area (Å²) in [5.41, 5.74) is 1.98. The van der Waals surface area contributed by atoms with Crippen molar-refractivity contribution in [3.63, 3.8) is 0 Å². The van der Waals surface area contributed by atoms with Crippen molar-refractivity contribution < 1.29 is 21.8 Å². The molecule has 180 valence electrons. The molecule has 0 saturated heterocycles. The minimum atomic E-state index is -4.07. The van der Waals surface area contributed by atoms with Crippen LogP contribution in [0, 0.1) is 5.82 Å². The van der Waals surface area contributed by atoms with Gasteiger partial charge in [0.05, 0.1) is 0 Å². The highest BCUT2D eigenvalue weighted by Crippen LogP contribution is 2.20. The maximum Gasteiger partial charge on any atom is 0.339 e. The van der Waals surface area contributed by atoms with Crippen LogP contribution in [-0.2, 0) is 27.9 Å². The van der Waals surface area contributed by atoms with Crippen molar-refractivity contribution in [1.29, 1.82) is 0 Å².